The third-order valence-corrected chi connectivity index (χ3v) is 7.63. The van der Waals surface area contributed by atoms with E-state index in [-0.39, 0.29) is 41.6 Å². The lowest BCUT2D eigenvalue weighted by atomic mass is 10.0. The Morgan fingerprint density at radius 1 is 0.711 bits per heavy atom. The van der Waals surface area contributed by atoms with E-state index in [2.05, 4.69) is 26.6 Å². The summed E-state index contributed by atoms with van der Waals surface area (Å²) in [5.74, 6) is -1.20. The Balaban J connectivity index is 1.68. The quantitative estimate of drug-likeness (QED) is 0.177. The van der Waals surface area contributed by atoms with Gasteiger partial charge in [0.15, 0.2) is 0 Å². The molecule has 240 valence electrons. The molecule has 45 heavy (non-hydrogen) atoms. The van der Waals surface area contributed by atoms with Crippen LogP contribution >= 0.6 is 0 Å². The Labute approximate surface area is 267 Å². The predicted molar refractivity (Wildman–Crippen MR) is 178 cm³/mol. The first-order chi connectivity index (χ1) is 21.5. The number of nitrogens with one attached hydrogen (secondary N) is 5. The van der Waals surface area contributed by atoms with Gasteiger partial charge in [0.1, 0.15) is 6.04 Å². The zero-order chi connectivity index (χ0) is 32.9. The second-order valence-electron chi connectivity index (χ2n) is 11.8. The van der Waals surface area contributed by atoms with Gasteiger partial charge in [0.2, 0.25) is 11.8 Å². The Bertz CT molecular complexity index is 1420. The maximum absolute atomic E-state index is 13.4. The van der Waals surface area contributed by atoms with E-state index >= 15 is 0 Å². The molecule has 0 saturated heterocycles. The van der Waals surface area contributed by atoms with Crippen LogP contribution in [0.1, 0.15) is 78.1 Å². The molecule has 4 atom stereocenters. The van der Waals surface area contributed by atoms with Crippen LogP contribution in [-0.4, -0.2) is 54.8 Å². The van der Waals surface area contributed by atoms with Crippen molar-refractivity contribution >= 4 is 23.6 Å². The number of aryl methyl sites for hydroxylation is 1. The highest BCUT2D eigenvalue weighted by Crippen LogP contribution is 2.15. The summed E-state index contributed by atoms with van der Waals surface area (Å²) < 4.78 is 0. The Hall–Kier alpha value is -4.50. The molecule has 0 saturated carbocycles. The van der Waals surface area contributed by atoms with E-state index in [1.165, 1.54) is 0 Å². The largest absolute Gasteiger partial charge is 0.355 e. The molecule has 9 heteroatoms. The van der Waals surface area contributed by atoms with Crippen molar-refractivity contribution in [1.29, 1.82) is 0 Å². The van der Waals surface area contributed by atoms with Crippen molar-refractivity contribution in [3.8, 4) is 0 Å². The van der Waals surface area contributed by atoms with E-state index in [1.807, 2.05) is 89.2 Å². The smallest absolute Gasteiger partial charge is 0.251 e. The van der Waals surface area contributed by atoms with Crippen LogP contribution in [0.5, 0.6) is 0 Å². The molecule has 3 aromatic carbocycles. The Morgan fingerprint density at radius 3 is 1.93 bits per heavy atom. The predicted octanol–water partition coefficient (Wildman–Crippen LogP) is 4.08. The molecule has 0 bridgehead atoms. The molecule has 9 nitrogen and oxygen atoms in total. The Kier molecular flexibility index (Phi) is 13.3. The van der Waals surface area contributed by atoms with Gasteiger partial charge in [-0.05, 0) is 69.4 Å². The number of rotatable bonds is 15. The summed E-state index contributed by atoms with van der Waals surface area (Å²) in [6.07, 6.45) is 0.523. The highest BCUT2D eigenvalue weighted by Gasteiger charge is 2.26. The molecule has 0 radical (unpaired) electrons. The van der Waals surface area contributed by atoms with Gasteiger partial charge in [0.25, 0.3) is 11.8 Å². The summed E-state index contributed by atoms with van der Waals surface area (Å²) in [7, 11) is 0. The average Bonchev–Trinajstić information content (AvgIpc) is 3.02. The molecule has 0 heterocycles. The maximum Gasteiger partial charge on any atom is 0.251 e. The number of carbonyl (C=O) groups is 4. The lowest BCUT2D eigenvalue weighted by molar-refractivity contribution is -0.130. The van der Waals surface area contributed by atoms with E-state index in [0.29, 0.717) is 30.6 Å². The number of amides is 4. The van der Waals surface area contributed by atoms with Crippen LogP contribution in [0.3, 0.4) is 0 Å². The third-order valence-electron chi connectivity index (χ3n) is 7.63. The van der Waals surface area contributed by atoms with E-state index < -0.39 is 12.1 Å². The molecular formula is C36H47N5O4. The van der Waals surface area contributed by atoms with E-state index in [9.17, 15) is 19.2 Å². The van der Waals surface area contributed by atoms with Crippen molar-refractivity contribution < 1.29 is 19.2 Å². The molecule has 3 rings (SSSR count). The van der Waals surface area contributed by atoms with E-state index in [1.54, 1.807) is 31.2 Å². The van der Waals surface area contributed by atoms with Crippen molar-refractivity contribution in [1.82, 2.24) is 26.6 Å². The first kappa shape index (κ1) is 35.0. The standard InChI is InChI=1S/C36H47N5O4/c1-7-37-36(45)32(23(2)3)41-33(42)26(6)38-22-31(20-27-12-9-8-10-13-27)40-35(44)30-15-11-14-29(21-30)34(43)39-25(5)28-18-16-24(4)17-19-28/h8-19,21,23,25-26,31-32,38H,7,20,22H2,1-6H3,(H,37,45)(H,39,43)(H,40,44)(H,41,42)/t25-,26+,31+,32+/m1/s1. The number of hydrogen-bond donors (Lipinski definition) is 5. The first-order valence-corrected chi connectivity index (χ1v) is 15.6. The van der Waals surface area contributed by atoms with Crippen LogP contribution in [0, 0.1) is 12.8 Å². The molecule has 0 aromatic heterocycles. The van der Waals surface area contributed by atoms with Crippen LogP contribution in [0.2, 0.25) is 0 Å². The molecule has 0 unspecified atom stereocenters. The van der Waals surface area contributed by atoms with Crippen molar-refractivity contribution in [3.63, 3.8) is 0 Å². The van der Waals surface area contributed by atoms with Crippen LogP contribution in [0.4, 0.5) is 0 Å². The van der Waals surface area contributed by atoms with Gasteiger partial charge in [-0.15, -0.1) is 0 Å². The monoisotopic (exact) mass is 613 g/mol. The molecule has 0 aliphatic rings. The number of hydrogen-bond acceptors (Lipinski definition) is 5. The SMILES string of the molecule is CCNC(=O)[C@@H](NC(=O)[C@H](C)NC[C@H](Cc1ccccc1)NC(=O)c1cccc(C(=O)N[C@H](C)c2ccc(C)cc2)c1)C(C)C. The summed E-state index contributed by atoms with van der Waals surface area (Å²) >= 11 is 0. The fraction of sp³-hybridized carbons (Fsp3) is 0.389. The fourth-order valence-electron chi connectivity index (χ4n) is 4.87. The second-order valence-corrected chi connectivity index (χ2v) is 11.8. The van der Waals surface area contributed by atoms with Crippen molar-refractivity contribution in [3.05, 3.63) is 107 Å². The first-order valence-electron chi connectivity index (χ1n) is 15.6. The van der Waals surface area contributed by atoms with Gasteiger partial charge in [0.05, 0.1) is 12.1 Å². The molecule has 0 spiro atoms. The van der Waals surface area contributed by atoms with Crippen LogP contribution < -0.4 is 26.6 Å². The minimum atomic E-state index is -0.647. The third kappa shape index (κ3) is 10.9. The highest BCUT2D eigenvalue weighted by molar-refractivity contribution is 6.00. The van der Waals surface area contributed by atoms with E-state index in [4.69, 9.17) is 0 Å². The molecule has 4 amide bonds. The average molecular weight is 614 g/mol. The highest BCUT2D eigenvalue weighted by atomic mass is 16.2. The molecule has 5 N–H and O–H groups in total. The molecular weight excluding hydrogens is 566 g/mol. The summed E-state index contributed by atoms with van der Waals surface area (Å²) in [5.41, 5.74) is 3.90. The van der Waals surface area contributed by atoms with Gasteiger partial charge >= 0.3 is 0 Å². The van der Waals surface area contributed by atoms with E-state index in [0.717, 1.165) is 16.7 Å². The molecule has 0 aliphatic carbocycles. The lowest BCUT2D eigenvalue weighted by Crippen LogP contribution is -2.55. The number of carbonyl (C=O) groups excluding carboxylic acids is 4. The fourth-order valence-corrected chi connectivity index (χ4v) is 4.87. The molecule has 3 aromatic rings. The number of likely N-dealkylation sites (N-methyl/N-ethyl adjacent to an activating group) is 1. The maximum atomic E-state index is 13.4. The summed E-state index contributed by atoms with van der Waals surface area (Å²) in [6.45, 7) is 12.0. The molecule has 0 fully saturated rings. The second kappa shape index (κ2) is 17.1. The van der Waals surface area contributed by atoms with Crippen molar-refractivity contribution in [2.24, 2.45) is 5.92 Å². The minimum Gasteiger partial charge on any atom is -0.355 e. The van der Waals surface area contributed by atoms with Crippen LogP contribution in [0.15, 0.2) is 78.9 Å². The van der Waals surface area contributed by atoms with Gasteiger partial charge < -0.3 is 26.6 Å². The lowest BCUT2D eigenvalue weighted by Gasteiger charge is -2.25. The van der Waals surface area contributed by atoms with Crippen LogP contribution in [-0.2, 0) is 16.0 Å². The van der Waals surface area contributed by atoms with Gasteiger partial charge in [0, 0.05) is 30.3 Å². The van der Waals surface area contributed by atoms with Gasteiger partial charge in [-0.2, -0.15) is 0 Å². The summed E-state index contributed by atoms with van der Waals surface area (Å²) in [4.78, 5) is 51.9. The topological polar surface area (TPSA) is 128 Å². The van der Waals surface area contributed by atoms with Gasteiger partial charge in [-0.3, -0.25) is 19.2 Å². The van der Waals surface area contributed by atoms with Gasteiger partial charge in [-0.1, -0.05) is 80.1 Å². The normalized spacial score (nSPS) is 13.7. The van der Waals surface area contributed by atoms with Crippen molar-refractivity contribution in [2.45, 2.75) is 72.1 Å². The van der Waals surface area contributed by atoms with Crippen LogP contribution in [0.25, 0.3) is 0 Å². The summed E-state index contributed by atoms with van der Waals surface area (Å²) in [5, 5.41) is 14.9. The summed E-state index contributed by atoms with van der Waals surface area (Å²) in [6, 6.07) is 22.6. The van der Waals surface area contributed by atoms with Crippen molar-refractivity contribution in [2.75, 3.05) is 13.1 Å². The zero-order valence-corrected chi connectivity index (χ0v) is 27.1. The minimum absolute atomic E-state index is 0.0820. The molecule has 0 aliphatic heterocycles. The van der Waals surface area contributed by atoms with Gasteiger partial charge in [-0.25, -0.2) is 0 Å². The Morgan fingerprint density at radius 2 is 1.33 bits per heavy atom. The number of benzene rings is 3. The zero-order valence-electron chi connectivity index (χ0n) is 27.1.